The van der Waals surface area contributed by atoms with Crippen molar-refractivity contribution in [2.24, 2.45) is 0 Å². The number of unbranched alkanes of at least 4 members (excludes halogenated alkanes) is 5. The highest BCUT2D eigenvalue weighted by Gasteiger charge is 1.91. The maximum absolute atomic E-state index is 4.17. The molecule has 0 amide bonds. The lowest BCUT2D eigenvalue weighted by Crippen LogP contribution is -2.05. The maximum Gasteiger partial charge on any atom is 0.00838 e. The first kappa shape index (κ1) is 11.3. The average molecular weight is 175 g/mol. The summed E-state index contributed by atoms with van der Waals surface area (Å²) in [4.78, 5) is 0. The molecule has 0 fully saturated rings. The monoisotopic (exact) mass is 175 g/mol. The zero-order chi connectivity index (χ0) is 8.53. The van der Waals surface area contributed by atoms with Crippen LogP contribution in [0.25, 0.3) is 0 Å². The Morgan fingerprint density at radius 1 is 1.00 bits per heavy atom. The van der Waals surface area contributed by atoms with Gasteiger partial charge in [0, 0.05) is 6.54 Å². The molecule has 0 aliphatic rings. The van der Waals surface area contributed by atoms with Crippen LogP contribution in [-0.2, 0) is 0 Å². The Labute approximate surface area is 76.7 Å². The van der Waals surface area contributed by atoms with Gasteiger partial charge in [-0.05, 0) is 13.5 Å². The Balaban J connectivity index is 2.80. The van der Waals surface area contributed by atoms with Crippen LogP contribution in [0.15, 0.2) is 0 Å². The molecule has 0 unspecified atom stereocenters. The molecule has 0 aromatic carbocycles. The van der Waals surface area contributed by atoms with Crippen molar-refractivity contribution in [2.45, 2.75) is 45.4 Å². The number of hydrogen-bond donors (Lipinski definition) is 1. The number of rotatable bonds is 7. The van der Waals surface area contributed by atoms with Crippen molar-refractivity contribution in [3.05, 3.63) is 0 Å². The summed E-state index contributed by atoms with van der Waals surface area (Å²) < 4.78 is 1.96. The minimum Gasteiger partial charge on any atom is -0.256 e. The molecule has 0 saturated heterocycles. The summed E-state index contributed by atoms with van der Waals surface area (Å²) >= 11 is 4.17. The zero-order valence-corrected chi connectivity index (χ0v) is 8.74. The van der Waals surface area contributed by atoms with Gasteiger partial charge in [0.05, 0.1) is 0 Å². The highest BCUT2D eigenvalue weighted by atomic mass is 32.1. The van der Waals surface area contributed by atoms with Crippen LogP contribution in [0.3, 0.4) is 0 Å². The Bertz CT molecular complexity index is 74.0. The first-order chi connectivity index (χ1) is 5.27. The summed E-state index contributed by atoms with van der Waals surface area (Å²) in [5.74, 6) is 0. The molecule has 0 aromatic rings. The normalized spacial score (nSPS) is 10.9. The van der Waals surface area contributed by atoms with Crippen LogP contribution in [0, 0.1) is 0 Å². The van der Waals surface area contributed by atoms with Crippen molar-refractivity contribution in [2.75, 3.05) is 13.6 Å². The van der Waals surface area contributed by atoms with E-state index < -0.39 is 0 Å². The van der Waals surface area contributed by atoms with E-state index in [4.69, 9.17) is 0 Å². The van der Waals surface area contributed by atoms with E-state index in [-0.39, 0.29) is 0 Å². The summed E-state index contributed by atoms with van der Waals surface area (Å²) in [7, 11) is 2.01. The summed E-state index contributed by atoms with van der Waals surface area (Å²) in [6, 6.07) is 0. The first-order valence-electron chi connectivity index (χ1n) is 4.67. The lowest BCUT2D eigenvalue weighted by molar-refractivity contribution is 0.512. The Kier molecular flexibility index (Phi) is 8.64. The summed E-state index contributed by atoms with van der Waals surface area (Å²) in [5.41, 5.74) is 0. The van der Waals surface area contributed by atoms with Gasteiger partial charge < -0.3 is 0 Å². The molecule has 1 nitrogen and oxygen atoms in total. The van der Waals surface area contributed by atoms with Gasteiger partial charge in [0.25, 0.3) is 0 Å². The third-order valence-electron chi connectivity index (χ3n) is 1.84. The van der Waals surface area contributed by atoms with Crippen LogP contribution in [0.2, 0.25) is 0 Å². The van der Waals surface area contributed by atoms with Crippen LogP contribution >= 0.6 is 12.8 Å². The van der Waals surface area contributed by atoms with Gasteiger partial charge in [-0.3, -0.25) is 4.31 Å². The molecule has 0 atom stereocenters. The molecule has 0 aliphatic carbocycles. The van der Waals surface area contributed by atoms with Gasteiger partial charge in [-0.15, -0.1) is 0 Å². The van der Waals surface area contributed by atoms with Gasteiger partial charge in [0.1, 0.15) is 0 Å². The largest absolute Gasteiger partial charge is 0.256 e. The van der Waals surface area contributed by atoms with E-state index in [0.717, 1.165) is 6.54 Å². The smallest absolute Gasteiger partial charge is 0.00838 e. The van der Waals surface area contributed by atoms with Gasteiger partial charge in [0.2, 0.25) is 0 Å². The molecule has 0 N–H and O–H groups in total. The second-order valence-electron chi connectivity index (χ2n) is 3.15. The van der Waals surface area contributed by atoms with E-state index in [2.05, 4.69) is 19.7 Å². The number of hydrogen-bond acceptors (Lipinski definition) is 2. The topological polar surface area (TPSA) is 3.24 Å². The van der Waals surface area contributed by atoms with E-state index in [0.29, 0.717) is 0 Å². The predicted molar refractivity (Wildman–Crippen MR) is 55.0 cm³/mol. The Morgan fingerprint density at radius 3 is 2.09 bits per heavy atom. The van der Waals surface area contributed by atoms with Gasteiger partial charge in [-0.25, -0.2) is 0 Å². The first-order valence-corrected chi connectivity index (χ1v) is 5.07. The van der Waals surface area contributed by atoms with Crippen molar-refractivity contribution in [1.29, 1.82) is 0 Å². The minimum absolute atomic E-state index is 1.12. The highest BCUT2D eigenvalue weighted by molar-refractivity contribution is 7.77. The van der Waals surface area contributed by atoms with Gasteiger partial charge >= 0.3 is 0 Å². The van der Waals surface area contributed by atoms with E-state index in [1.165, 1.54) is 38.5 Å². The van der Waals surface area contributed by atoms with Crippen molar-refractivity contribution in [3.8, 4) is 0 Å². The Hall–Kier alpha value is 0.310. The Morgan fingerprint density at radius 2 is 1.55 bits per heavy atom. The van der Waals surface area contributed by atoms with Crippen molar-refractivity contribution in [3.63, 3.8) is 0 Å². The lowest BCUT2D eigenvalue weighted by atomic mass is 10.1. The van der Waals surface area contributed by atoms with Crippen molar-refractivity contribution >= 4 is 12.8 Å². The van der Waals surface area contributed by atoms with E-state index in [9.17, 15) is 0 Å². The molecule has 0 aliphatic heterocycles. The van der Waals surface area contributed by atoms with E-state index in [1.54, 1.807) is 0 Å². The highest BCUT2D eigenvalue weighted by Crippen LogP contribution is 2.05. The average Bonchev–Trinajstić information content (AvgIpc) is 1.96. The minimum atomic E-state index is 1.12. The molecular formula is C9H21NS. The fraction of sp³-hybridized carbons (Fsp3) is 1.00. The van der Waals surface area contributed by atoms with Crippen LogP contribution in [-0.4, -0.2) is 17.9 Å². The van der Waals surface area contributed by atoms with Crippen molar-refractivity contribution < 1.29 is 0 Å². The standard InChI is InChI=1S/C9H21NS/c1-3-4-5-6-7-8-9-10(2)11/h11H,3-9H2,1-2H3. The summed E-state index contributed by atoms with van der Waals surface area (Å²) in [6.45, 7) is 3.37. The number of thiol groups is 1. The molecule has 0 heterocycles. The maximum atomic E-state index is 4.17. The van der Waals surface area contributed by atoms with Crippen LogP contribution < -0.4 is 0 Å². The molecule has 68 valence electrons. The zero-order valence-electron chi connectivity index (χ0n) is 7.84. The quantitative estimate of drug-likeness (QED) is 0.459. The van der Waals surface area contributed by atoms with Crippen LogP contribution in [0.5, 0.6) is 0 Å². The van der Waals surface area contributed by atoms with Gasteiger partial charge in [-0.2, -0.15) is 0 Å². The molecule has 11 heavy (non-hydrogen) atoms. The van der Waals surface area contributed by atoms with Crippen LogP contribution in [0.4, 0.5) is 0 Å². The molecule has 0 aromatic heterocycles. The molecule has 0 rings (SSSR count). The van der Waals surface area contributed by atoms with E-state index in [1.807, 2.05) is 11.4 Å². The second kappa shape index (κ2) is 8.41. The molecule has 0 saturated carbocycles. The molecule has 0 radical (unpaired) electrons. The summed E-state index contributed by atoms with van der Waals surface area (Å²) in [6.07, 6.45) is 8.21. The fourth-order valence-corrected chi connectivity index (χ4v) is 1.26. The fourth-order valence-electron chi connectivity index (χ4n) is 1.12. The SMILES string of the molecule is CCCCCCCCN(C)S. The second-order valence-corrected chi connectivity index (χ2v) is 3.83. The molecule has 0 spiro atoms. The third kappa shape index (κ3) is 10.3. The van der Waals surface area contributed by atoms with Crippen molar-refractivity contribution in [1.82, 2.24) is 4.31 Å². The molecule has 0 bridgehead atoms. The van der Waals surface area contributed by atoms with Crippen LogP contribution in [0.1, 0.15) is 45.4 Å². The van der Waals surface area contributed by atoms with Gasteiger partial charge in [-0.1, -0.05) is 51.8 Å². The molecule has 2 heteroatoms. The molecular weight excluding hydrogens is 154 g/mol. The number of nitrogens with zero attached hydrogens (tertiary/aromatic N) is 1. The summed E-state index contributed by atoms with van der Waals surface area (Å²) in [5, 5.41) is 0. The lowest BCUT2D eigenvalue weighted by Gasteiger charge is -2.06. The third-order valence-corrected chi connectivity index (χ3v) is 2.04. The van der Waals surface area contributed by atoms with E-state index >= 15 is 0 Å². The van der Waals surface area contributed by atoms with Gasteiger partial charge in [0.15, 0.2) is 0 Å². The predicted octanol–water partition coefficient (Wildman–Crippen LogP) is 3.12.